The number of hydrogen-bond donors (Lipinski definition) is 3. The number of carboxylic acid groups (broad SMARTS) is 1. The Kier molecular flexibility index (Phi) is 8.30. The fraction of sp³-hybridized carbons (Fsp3) is 0.111. The third kappa shape index (κ3) is 6.41. The SMILES string of the molecule is COc1cc(/C=C/C(=O)OCc2ccc(/C(=C\c3ccc(O)c(OC)c3)C(=O)O)cc2F)ccc1O. The molecule has 36 heavy (non-hydrogen) atoms. The number of benzene rings is 3. The quantitative estimate of drug-likeness (QED) is 0.224. The van der Waals surface area contributed by atoms with Crippen LogP contribution in [-0.4, -0.2) is 41.5 Å². The van der Waals surface area contributed by atoms with Crippen LogP contribution in [0.5, 0.6) is 23.0 Å². The third-order valence-electron chi connectivity index (χ3n) is 5.09. The van der Waals surface area contributed by atoms with E-state index in [1.165, 1.54) is 68.8 Å². The minimum absolute atomic E-state index is 0.0418. The minimum Gasteiger partial charge on any atom is -0.504 e. The van der Waals surface area contributed by atoms with Gasteiger partial charge in [-0.3, -0.25) is 0 Å². The molecule has 0 unspecified atom stereocenters. The van der Waals surface area contributed by atoms with E-state index in [-0.39, 0.29) is 46.3 Å². The van der Waals surface area contributed by atoms with Gasteiger partial charge >= 0.3 is 11.9 Å². The molecule has 9 heteroatoms. The van der Waals surface area contributed by atoms with Gasteiger partial charge in [0.25, 0.3) is 0 Å². The molecule has 3 aromatic rings. The van der Waals surface area contributed by atoms with E-state index in [4.69, 9.17) is 14.2 Å². The second kappa shape index (κ2) is 11.6. The van der Waals surface area contributed by atoms with Crippen LogP contribution in [0.1, 0.15) is 22.3 Å². The van der Waals surface area contributed by atoms with Crippen molar-refractivity contribution >= 4 is 29.7 Å². The number of rotatable bonds is 9. The molecule has 0 amide bonds. The number of phenolic OH excluding ortho intramolecular Hbond substituents is 2. The Hall–Kier alpha value is -4.79. The summed E-state index contributed by atoms with van der Waals surface area (Å²) in [4.78, 5) is 23.9. The Morgan fingerprint density at radius 1 is 0.889 bits per heavy atom. The van der Waals surface area contributed by atoms with Crippen molar-refractivity contribution in [2.45, 2.75) is 6.61 Å². The smallest absolute Gasteiger partial charge is 0.336 e. The first-order valence-corrected chi connectivity index (χ1v) is 10.5. The maximum absolute atomic E-state index is 14.7. The largest absolute Gasteiger partial charge is 0.504 e. The zero-order valence-electron chi connectivity index (χ0n) is 19.4. The first kappa shape index (κ1) is 25.8. The molecule has 0 bridgehead atoms. The van der Waals surface area contributed by atoms with Crippen LogP contribution in [-0.2, 0) is 20.9 Å². The predicted molar refractivity (Wildman–Crippen MR) is 130 cm³/mol. The van der Waals surface area contributed by atoms with E-state index in [0.29, 0.717) is 11.1 Å². The van der Waals surface area contributed by atoms with E-state index in [2.05, 4.69) is 0 Å². The number of hydrogen-bond acceptors (Lipinski definition) is 7. The lowest BCUT2D eigenvalue weighted by Crippen LogP contribution is -2.04. The lowest BCUT2D eigenvalue weighted by atomic mass is 10.0. The van der Waals surface area contributed by atoms with Crippen LogP contribution >= 0.6 is 0 Å². The normalized spacial score (nSPS) is 11.4. The molecule has 0 heterocycles. The first-order valence-electron chi connectivity index (χ1n) is 10.5. The summed E-state index contributed by atoms with van der Waals surface area (Å²) in [6.45, 7) is -0.366. The molecule has 0 aliphatic rings. The highest BCUT2D eigenvalue weighted by molar-refractivity contribution is 6.20. The summed E-state index contributed by atoms with van der Waals surface area (Å²) in [6, 6.07) is 12.6. The molecule has 8 nitrogen and oxygen atoms in total. The predicted octanol–water partition coefficient (Wildman–Crippen LogP) is 4.64. The van der Waals surface area contributed by atoms with Gasteiger partial charge in [-0.05, 0) is 59.2 Å². The van der Waals surface area contributed by atoms with Crippen LogP contribution in [0.2, 0.25) is 0 Å². The van der Waals surface area contributed by atoms with Gasteiger partial charge in [-0.15, -0.1) is 0 Å². The second-order valence-electron chi connectivity index (χ2n) is 7.47. The maximum Gasteiger partial charge on any atom is 0.336 e. The topological polar surface area (TPSA) is 123 Å². The van der Waals surface area contributed by atoms with Crippen molar-refractivity contribution in [3.63, 3.8) is 0 Å². The Balaban J connectivity index is 1.72. The van der Waals surface area contributed by atoms with Crippen molar-refractivity contribution < 1.29 is 43.5 Å². The van der Waals surface area contributed by atoms with Crippen molar-refractivity contribution in [2.75, 3.05) is 14.2 Å². The van der Waals surface area contributed by atoms with Crippen molar-refractivity contribution in [1.29, 1.82) is 0 Å². The molecule has 3 rings (SSSR count). The molecule has 0 aromatic heterocycles. The zero-order valence-corrected chi connectivity index (χ0v) is 19.4. The molecule has 0 aliphatic heterocycles. The average molecular weight is 494 g/mol. The lowest BCUT2D eigenvalue weighted by Gasteiger charge is -2.09. The number of halogens is 1. The molecule has 186 valence electrons. The lowest BCUT2D eigenvalue weighted by molar-refractivity contribution is -0.139. The van der Waals surface area contributed by atoms with E-state index in [0.717, 1.165) is 12.1 Å². The minimum atomic E-state index is -1.28. The number of carboxylic acids is 1. The van der Waals surface area contributed by atoms with Crippen molar-refractivity contribution in [1.82, 2.24) is 0 Å². The summed E-state index contributed by atoms with van der Waals surface area (Å²) >= 11 is 0. The Bertz CT molecular complexity index is 1340. The summed E-state index contributed by atoms with van der Waals surface area (Å²) in [5.41, 5.74) is 0.985. The van der Waals surface area contributed by atoms with Gasteiger partial charge in [-0.1, -0.05) is 24.3 Å². The number of carbonyl (C=O) groups excluding carboxylic acids is 1. The molecule has 0 spiro atoms. The van der Waals surface area contributed by atoms with Crippen molar-refractivity contribution in [3.05, 3.63) is 88.7 Å². The highest BCUT2D eigenvalue weighted by Crippen LogP contribution is 2.29. The molecule has 0 saturated carbocycles. The van der Waals surface area contributed by atoms with Crippen LogP contribution < -0.4 is 9.47 Å². The van der Waals surface area contributed by atoms with Gasteiger partial charge in [0.1, 0.15) is 12.4 Å². The summed E-state index contributed by atoms with van der Waals surface area (Å²) in [6.07, 6.45) is 3.92. The van der Waals surface area contributed by atoms with Gasteiger partial charge < -0.3 is 29.5 Å². The summed E-state index contributed by atoms with van der Waals surface area (Å²) < 4.78 is 29.8. The van der Waals surface area contributed by atoms with E-state index in [1.807, 2.05) is 0 Å². The highest BCUT2D eigenvalue weighted by atomic mass is 19.1. The van der Waals surface area contributed by atoms with E-state index >= 15 is 0 Å². The van der Waals surface area contributed by atoms with Crippen LogP contribution in [0.25, 0.3) is 17.7 Å². The van der Waals surface area contributed by atoms with Gasteiger partial charge in [-0.2, -0.15) is 0 Å². The standard InChI is InChI=1S/C27H23FO8/c1-34-24-12-16(3-8-22(24)29)5-10-26(31)36-15-19-7-6-18(14-21(19)28)20(27(32)33)11-17-4-9-23(30)25(13-17)35-2/h3-14,29-30H,15H2,1-2H3,(H,32,33)/b10-5+,20-11+. The first-order chi connectivity index (χ1) is 17.2. The molecule has 0 fully saturated rings. The van der Waals surface area contributed by atoms with Gasteiger partial charge in [0, 0.05) is 11.6 Å². The second-order valence-corrected chi connectivity index (χ2v) is 7.47. The van der Waals surface area contributed by atoms with Gasteiger partial charge in [0.2, 0.25) is 0 Å². The van der Waals surface area contributed by atoms with Crippen LogP contribution in [0.4, 0.5) is 4.39 Å². The molecule has 0 saturated heterocycles. The molecular weight excluding hydrogens is 471 g/mol. The van der Waals surface area contributed by atoms with Gasteiger partial charge in [0.15, 0.2) is 23.0 Å². The summed E-state index contributed by atoms with van der Waals surface area (Å²) in [7, 11) is 2.76. The number of aliphatic carboxylic acids is 1. The molecule has 0 radical (unpaired) electrons. The number of phenols is 2. The number of ether oxygens (including phenoxy) is 3. The Morgan fingerprint density at radius 2 is 1.50 bits per heavy atom. The summed E-state index contributed by atoms with van der Waals surface area (Å²) in [5, 5.41) is 29.0. The van der Waals surface area contributed by atoms with Crippen LogP contribution in [0.15, 0.2) is 60.7 Å². The van der Waals surface area contributed by atoms with Crippen molar-refractivity contribution in [3.8, 4) is 23.0 Å². The molecular formula is C27H23FO8. The average Bonchev–Trinajstić information content (AvgIpc) is 2.86. The zero-order chi connectivity index (χ0) is 26.2. The van der Waals surface area contributed by atoms with Gasteiger partial charge in [0.05, 0.1) is 19.8 Å². The fourth-order valence-electron chi connectivity index (χ4n) is 3.21. The number of methoxy groups -OCH3 is 2. The Morgan fingerprint density at radius 3 is 2.08 bits per heavy atom. The molecule has 0 aliphatic carbocycles. The molecule has 0 atom stereocenters. The summed E-state index contributed by atoms with van der Waals surface area (Å²) in [5.74, 6) is -2.49. The fourth-order valence-corrected chi connectivity index (χ4v) is 3.21. The number of esters is 1. The van der Waals surface area contributed by atoms with E-state index in [9.17, 15) is 29.3 Å². The Labute approximate surface area is 206 Å². The third-order valence-corrected chi connectivity index (χ3v) is 5.09. The van der Waals surface area contributed by atoms with E-state index < -0.39 is 17.8 Å². The number of carbonyl (C=O) groups is 2. The van der Waals surface area contributed by atoms with Crippen molar-refractivity contribution in [2.24, 2.45) is 0 Å². The maximum atomic E-state index is 14.7. The molecule has 3 N–H and O–H groups in total. The van der Waals surface area contributed by atoms with Gasteiger partial charge in [-0.25, -0.2) is 14.0 Å². The van der Waals surface area contributed by atoms with E-state index in [1.54, 1.807) is 6.07 Å². The van der Waals surface area contributed by atoms with Crippen LogP contribution in [0.3, 0.4) is 0 Å². The molecule has 3 aromatic carbocycles. The highest BCUT2D eigenvalue weighted by Gasteiger charge is 2.15. The monoisotopic (exact) mass is 494 g/mol. The number of aromatic hydroxyl groups is 2. The van der Waals surface area contributed by atoms with Crippen LogP contribution in [0, 0.1) is 5.82 Å².